The summed E-state index contributed by atoms with van der Waals surface area (Å²) in [6.07, 6.45) is 3.09. The second kappa shape index (κ2) is 6.41. The summed E-state index contributed by atoms with van der Waals surface area (Å²) in [4.78, 5) is 22.8. The molecule has 1 fully saturated rings. The van der Waals surface area contributed by atoms with Gasteiger partial charge in [0.1, 0.15) is 5.56 Å². The first kappa shape index (κ1) is 15.7. The smallest absolute Gasteiger partial charge is 0.282 e. The standard InChI is InChI=1S/C14H18ClN3O3/c1-9-4-3-5-10(2)17(9)16-14(19)12-8-11(15)6-7-13(12)18(20)21/h6-10H,3-5H2,1-2H3,(H,16,19). The van der Waals surface area contributed by atoms with E-state index in [9.17, 15) is 14.9 Å². The highest BCUT2D eigenvalue weighted by Crippen LogP contribution is 2.24. The number of nitro groups is 1. The van der Waals surface area contributed by atoms with Crippen LogP contribution in [0.15, 0.2) is 18.2 Å². The Hall–Kier alpha value is -1.66. The van der Waals surface area contributed by atoms with Crippen LogP contribution in [0.5, 0.6) is 0 Å². The van der Waals surface area contributed by atoms with Crippen LogP contribution in [0.3, 0.4) is 0 Å². The Kier molecular flexibility index (Phi) is 4.80. The van der Waals surface area contributed by atoms with Crippen molar-refractivity contribution in [3.8, 4) is 0 Å². The highest BCUT2D eigenvalue weighted by Gasteiger charge is 2.28. The number of hydrogen-bond acceptors (Lipinski definition) is 4. The number of carbonyl (C=O) groups is 1. The molecule has 1 aromatic rings. The minimum atomic E-state index is -0.575. The Labute approximate surface area is 128 Å². The van der Waals surface area contributed by atoms with Crippen LogP contribution in [0.1, 0.15) is 43.5 Å². The third kappa shape index (κ3) is 3.51. The zero-order chi connectivity index (χ0) is 15.6. The number of halogens is 1. The van der Waals surface area contributed by atoms with E-state index in [4.69, 9.17) is 11.6 Å². The number of carbonyl (C=O) groups excluding carboxylic acids is 1. The lowest BCUT2D eigenvalue weighted by Gasteiger charge is -2.38. The minimum absolute atomic E-state index is 0.0162. The lowest BCUT2D eigenvalue weighted by Crippen LogP contribution is -2.54. The van der Waals surface area contributed by atoms with Crippen molar-refractivity contribution >= 4 is 23.2 Å². The molecule has 2 atom stereocenters. The second-order valence-corrected chi connectivity index (χ2v) is 5.83. The summed E-state index contributed by atoms with van der Waals surface area (Å²) in [5.41, 5.74) is 2.53. The molecule has 0 aliphatic carbocycles. The van der Waals surface area contributed by atoms with E-state index in [-0.39, 0.29) is 23.3 Å². The molecule has 0 spiro atoms. The number of rotatable bonds is 3. The van der Waals surface area contributed by atoms with Gasteiger partial charge in [-0.05, 0) is 38.8 Å². The van der Waals surface area contributed by atoms with Crippen molar-refractivity contribution in [2.24, 2.45) is 0 Å². The monoisotopic (exact) mass is 311 g/mol. The molecule has 1 aliphatic heterocycles. The first-order valence-electron chi connectivity index (χ1n) is 6.93. The van der Waals surface area contributed by atoms with Crippen LogP contribution in [0, 0.1) is 10.1 Å². The molecule has 1 aromatic carbocycles. The molecular weight excluding hydrogens is 294 g/mol. The fraction of sp³-hybridized carbons (Fsp3) is 0.500. The number of nitro benzene ring substituents is 1. The Bertz CT molecular complexity index is 554. The largest absolute Gasteiger partial charge is 0.284 e. The van der Waals surface area contributed by atoms with Crippen molar-refractivity contribution in [2.75, 3.05) is 0 Å². The summed E-state index contributed by atoms with van der Waals surface area (Å²) >= 11 is 5.85. The Balaban J connectivity index is 2.24. The SMILES string of the molecule is CC1CCCC(C)N1NC(=O)c1cc(Cl)ccc1[N+](=O)[O-]. The topological polar surface area (TPSA) is 75.5 Å². The zero-order valence-corrected chi connectivity index (χ0v) is 12.8. The number of nitrogens with one attached hydrogen (secondary N) is 1. The van der Waals surface area contributed by atoms with E-state index in [1.54, 1.807) is 0 Å². The average Bonchev–Trinajstić information content (AvgIpc) is 2.42. The van der Waals surface area contributed by atoms with Gasteiger partial charge in [-0.25, -0.2) is 5.01 Å². The summed E-state index contributed by atoms with van der Waals surface area (Å²) in [5.74, 6) is -0.496. The van der Waals surface area contributed by atoms with Gasteiger partial charge < -0.3 is 0 Å². The fourth-order valence-electron chi connectivity index (χ4n) is 2.67. The van der Waals surface area contributed by atoms with Crippen molar-refractivity contribution in [3.63, 3.8) is 0 Å². The average molecular weight is 312 g/mol. The van der Waals surface area contributed by atoms with E-state index in [0.29, 0.717) is 5.02 Å². The summed E-state index contributed by atoms with van der Waals surface area (Å²) in [6.45, 7) is 4.06. The predicted molar refractivity (Wildman–Crippen MR) is 80.2 cm³/mol. The van der Waals surface area contributed by atoms with E-state index in [2.05, 4.69) is 5.43 Å². The number of hydrazine groups is 1. The second-order valence-electron chi connectivity index (χ2n) is 5.40. The van der Waals surface area contributed by atoms with Crippen LogP contribution in [-0.2, 0) is 0 Å². The molecule has 114 valence electrons. The molecule has 0 saturated carbocycles. The Morgan fingerprint density at radius 1 is 1.38 bits per heavy atom. The van der Waals surface area contributed by atoms with E-state index >= 15 is 0 Å². The Morgan fingerprint density at radius 2 is 2.00 bits per heavy atom. The van der Waals surface area contributed by atoms with Crippen LogP contribution in [-0.4, -0.2) is 27.9 Å². The maximum atomic E-state index is 12.4. The molecule has 21 heavy (non-hydrogen) atoms. The van der Waals surface area contributed by atoms with Crippen LogP contribution >= 0.6 is 11.6 Å². The summed E-state index contributed by atoms with van der Waals surface area (Å²) in [5, 5.41) is 13.2. The molecule has 0 bridgehead atoms. The van der Waals surface area contributed by atoms with E-state index in [1.807, 2.05) is 18.9 Å². The van der Waals surface area contributed by atoms with Gasteiger partial charge >= 0.3 is 0 Å². The molecule has 1 aliphatic rings. The maximum Gasteiger partial charge on any atom is 0.282 e. The molecular formula is C14H18ClN3O3. The third-order valence-electron chi connectivity index (χ3n) is 3.82. The van der Waals surface area contributed by atoms with Gasteiger partial charge in [0.2, 0.25) is 0 Å². The summed E-state index contributed by atoms with van der Waals surface area (Å²) in [7, 11) is 0. The predicted octanol–water partition coefficient (Wildman–Crippen LogP) is 3.16. The third-order valence-corrected chi connectivity index (χ3v) is 4.06. The lowest BCUT2D eigenvalue weighted by molar-refractivity contribution is -0.385. The molecule has 1 saturated heterocycles. The summed E-state index contributed by atoms with van der Waals surface area (Å²) in [6, 6.07) is 4.39. The minimum Gasteiger partial charge on any atom is -0.284 e. The van der Waals surface area contributed by atoms with Gasteiger partial charge in [-0.15, -0.1) is 0 Å². The van der Waals surface area contributed by atoms with Gasteiger partial charge in [0.25, 0.3) is 11.6 Å². The normalized spacial score (nSPS) is 22.8. The molecule has 2 unspecified atom stereocenters. The van der Waals surface area contributed by atoms with Gasteiger partial charge in [0, 0.05) is 23.2 Å². The van der Waals surface area contributed by atoms with Crippen LogP contribution < -0.4 is 5.43 Å². The maximum absolute atomic E-state index is 12.4. The van der Waals surface area contributed by atoms with Gasteiger partial charge in [-0.2, -0.15) is 0 Å². The number of hydrogen-bond donors (Lipinski definition) is 1. The molecule has 1 amide bonds. The number of amides is 1. The first-order valence-corrected chi connectivity index (χ1v) is 7.31. The van der Waals surface area contributed by atoms with Crippen LogP contribution in [0.25, 0.3) is 0 Å². The zero-order valence-electron chi connectivity index (χ0n) is 12.0. The Morgan fingerprint density at radius 3 is 2.57 bits per heavy atom. The molecule has 0 radical (unpaired) electrons. The number of nitrogens with zero attached hydrogens (tertiary/aromatic N) is 2. The van der Waals surface area contributed by atoms with Crippen molar-refractivity contribution in [2.45, 2.75) is 45.2 Å². The van der Waals surface area contributed by atoms with Crippen molar-refractivity contribution in [1.29, 1.82) is 0 Å². The van der Waals surface area contributed by atoms with Crippen LogP contribution in [0.2, 0.25) is 5.02 Å². The molecule has 7 heteroatoms. The van der Waals surface area contributed by atoms with Gasteiger partial charge in [-0.1, -0.05) is 18.0 Å². The first-order chi connectivity index (χ1) is 9.90. The highest BCUT2D eigenvalue weighted by atomic mass is 35.5. The van der Waals surface area contributed by atoms with E-state index in [1.165, 1.54) is 18.2 Å². The highest BCUT2D eigenvalue weighted by molar-refractivity contribution is 6.31. The quantitative estimate of drug-likeness (QED) is 0.687. The molecule has 2 rings (SSSR count). The lowest BCUT2D eigenvalue weighted by atomic mass is 10.00. The van der Waals surface area contributed by atoms with Gasteiger partial charge in [0.05, 0.1) is 4.92 Å². The summed E-state index contributed by atoms with van der Waals surface area (Å²) < 4.78 is 0. The van der Waals surface area contributed by atoms with Crippen molar-refractivity contribution in [1.82, 2.24) is 10.4 Å². The van der Waals surface area contributed by atoms with Gasteiger partial charge in [-0.3, -0.25) is 20.3 Å². The van der Waals surface area contributed by atoms with Crippen molar-refractivity contribution < 1.29 is 9.72 Å². The van der Waals surface area contributed by atoms with Crippen molar-refractivity contribution in [3.05, 3.63) is 38.9 Å². The van der Waals surface area contributed by atoms with E-state index < -0.39 is 10.8 Å². The molecule has 1 N–H and O–H groups in total. The molecule has 1 heterocycles. The van der Waals surface area contributed by atoms with Gasteiger partial charge in [0.15, 0.2) is 0 Å². The fourth-order valence-corrected chi connectivity index (χ4v) is 2.84. The molecule has 0 aromatic heterocycles. The number of piperidine rings is 1. The van der Waals surface area contributed by atoms with E-state index in [0.717, 1.165) is 19.3 Å². The molecule has 6 nitrogen and oxygen atoms in total. The van der Waals surface area contributed by atoms with Crippen LogP contribution in [0.4, 0.5) is 5.69 Å². The number of benzene rings is 1.